The van der Waals surface area contributed by atoms with Crippen LogP contribution in [0.25, 0.3) is 11.1 Å². The Morgan fingerprint density at radius 3 is 2.16 bits per heavy atom. The minimum atomic E-state index is -4.96. The number of alkyl halides is 3. The monoisotopic (exact) mass is 431 g/mol. The number of hydrogen-bond acceptors (Lipinski definition) is 4. The molecule has 0 spiro atoms. The third kappa shape index (κ3) is 3.60. The van der Waals surface area contributed by atoms with Crippen LogP contribution in [0.1, 0.15) is 33.2 Å². The van der Waals surface area contributed by atoms with E-state index in [1.165, 1.54) is 0 Å². The number of carboxylic acid groups (broad SMARTS) is 1. The van der Waals surface area contributed by atoms with Crippen molar-refractivity contribution in [2.75, 3.05) is 11.9 Å². The zero-order chi connectivity index (χ0) is 22.3. The van der Waals surface area contributed by atoms with Crippen molar-refractivity contribution in [3.63, 3.8) is 0 Å². The third-order valence-electron chi connectivity index (χ3n) is 5.09. The number of aromatic carboxylic acids is 1. The predicted octanol–water partition coefficient (Wildman–Crippen LogP) is 4.50. The van der Waals surface area contributed by atoms with Crippen molar-refractivity contribution in [2.45, 2.75) is 12.1 Å². The van der Waals surface area contributed by atoms with Gasteiger partial charge in [-0.2, -0.15) is 18.3 Å². The van der Waals surface area contributed by atoms with Crippen molar-refractivity contribution in [3.8, 4) is 11.1 Å². The maximum absolute atomic E-state index is 13.3. The maximum Gasteiger partial charge on any atom is 0.437 e. The fraction of sp³-hybridized carbons (Fsp3) is 0.190. The molecule has 0 bridgehead atoms. The molecule has 7 nitrogen and oxygen atoms in total. The van der Waals surface area contributed by atoms with E-state index in [2.05, 4.69) is 5.10 Å². The fourth-order valence-electron chi connectivity index (χ4n) is 3.82. The number of halogens is 3. The largest absolute Gasteiger partial charge is 0.476 e. The lowest BCUT2D eigenvalue weighted by Gasteiger charge is -2.15. The van der Waals surface area contributed by atoms with Gasteiger partial charge in [-0.25, -0.2) is 9.59 Å². The lowest BCUT2D eigenvalue weighted by atomic mass is 9.98. The minimum Gasteiger partial charge on any atom is -0.476 e. The van der Waals surface area contributed by atoms with E-state index in [0.29, 0.717) is 4.68 Å². The topological polar surface area (TPSA) is 93.5 Å². The maximum atomic E-state index is 13.3. The molecule has 1 amide bonds. The van der Waals surface area contributed by atoms with Gasteiger partial charge in [-0.3, -0.25) is 10.00 Å². The van der Waals surface area contributed by atoms with E-state index in [1.807, 2.05) is 53.8 Å². The summed E-state index contributed by atoms with van der Waals surface area (Å²) in [6, 6.07) is 15.2. The average Bonchev–Trinajstić information content (AvgIpc) is 3.21. The highest BCUT2D eigenvalue weighted by Crippen LogP contribution is 2.44. The Labute approximate surface area is 174 Å². The van der Waals surface area contributed by atoms with E-state index in [9.17, 15) is 27.9 Å². The van der Waals surface area contributed by atoms with Crippen LogP contribution in [0, 0.1) is 0 Å². The van der Waals surface area contributed by atoms with Crippen molar-refractivity contribution in [3.05, 3.63) is 71.0 Å². The molecule has 0 saturated heterocycles. The molecule has 160 valence electrons. The molecule has 31 heavy (non-hydrogen) atoms. The molecule has 2 aromatic carbocycles. The van der Waals surface area contributed by atoms with E-state index >= 15 is 0 Å². The second-order valence-electron chi connectivity index (χ2n) is 6.95. The molecule has 1 aliphatic rings. The average molecular weight is 431 g/mol. The number of aryl methyl sites for hydroxylation is 1. The summed E-state index contributed by atoms with van der Waals surface area (Å²) in [4.78, 5) is 23.7. The summed E-state index contributed by atoms with van der Waals surface area (Å²) < 4.78 is 45.5. The number of carbonyl (C=O) groups excluding carboxylic acids is 1. The first kappa shape index (κ1) is 20.5. The molecule has 10 heteroatoms. The van der Waals surface area contributed by atoms with Gasteiger partial charge in [-0.15, -0.1) is 0 Å². The van der Waals surface area contributed by atoms with Crippen LogP contribution >= 0.6 is 0 Å². The van der Waals surface area contributed by atoms with Gasteiger partial charge in [0.15, 0.2) is 11.4 Å². The van der Waals surface area contributed by atoms with Crippen LogP contribution < -0.4 is 5.32 Å². The number of aromatic nitrogens is 2. The number of carboxylic acids is 1. The number of nitrogens with one attached hydrogen (secondary N) is 1. The molecule has 0 atom stereocenters. The number of ether oxygens (including phenoxy) is 1. The Hall–Kier alpha value is -3.82. The molecular formula is C21H16F3N3O4. The van der Waals surface area contributed by atoms with Crippen molar-refractivity contribution < 1.29 is 32.6 Å². The van der Waals surface area contributed by atoms with E-state index in [-0.39, 0.29) is 12.5 Å². The number of nitrogens with zero attached hydrogens (tertiary/aromatic N) is 2. The molecule has 0 saturated carbocycles. The Morgan fingerprint density at radius 2 is 1.65 bits per heavy atom. The molecule has 1 heterocycles. The van der Waals surface area contributed by atoms with E-state index in [0.717, 1.165) is 29.3 Å². The molecule has 4 rings (SSSR count). The molecule has 1 aromatic heterocycles. The fourth-order valence-corrected chi connectivity index (χ4v) is 3.82. The van der Waals surface area contributed by atoms with Crippen LogP contribution in [0.5, 0.6) is 0 Å². The zero-order valence-electron chi connectivity index (χ0n) is 16.1. The number of rotatable bonds is 4. The third-order valence-corrected chi connectivity index (χ3v) is 5.09. The summed E-state index contributed by atoms with van der Waals surface area (Å²) in [5, 5.41) is 14.3. The quantitative estimate of drug-likeness (QED) is 0.635. The lowest BCUT2D eigenvalue weighted by Crippen LogP contribution is -2.21. The van der Waals surface area contributed by atoms with Crippen molar-refractivity contribution in [1.82, 2.24) is 9.78 Å². The SMILES string of the molecule is Cn1nc(C(F)(F)F)c(NC(=O)OCC2c3ccccc3-c3ccccc32)c1C(=O)O. The molecular weight excluding hydrogens is 415 g/mol. The Balaban J connectivity index is 1.57. The first-order valence-electron chi connectivity index (χ1n) is 9.18. The molecule has 0 aliphatic heterocycles. The standard InChI is InChI=1S/C21H16F3N3O4/c1-27-17(19(28)29)16(18(26-27)21(22,23)24)25-20(30)31-10-15-13-8-4-2-6-11(13)12-7-3-5-9-14(12)15/h2-9,15H,10H2,1H3,(H,25,30)(H,28,29). The van der Waals surface area contributed by atoms with E-state index < -0.39 is 35.3 Å². The van der Waals surface area contributed by atoms with Crippen molar-refractivity contribution in [2.24, 2.45) is 7.05 Å². The molecule has 0 radical (unpaired) electrons. The van der Waals surface area contributed by atoms with Gasteiger partial charge in [0.05, 0.1) is 0 Å². The van der Waals surface area contributed by atoms with Crippen LogP contribution in [0.15, 0.2) is 48.5 Å². The summed E-state index contributed by atoms with van der Waals surface area (Å²) >= 11 is 0. The highest BCUT2D eigenvalue weighted by atomic mass is 19.4. The zero-order valence-corrected chi connectivity index (χ0v) is 16.1. The number of hydrogen-bond donors (Lipinski definition) is 2. The minimum absolute atomic E-state index is 0.135. The number of anilines is 1. The smallest absolute Gasteiger partial charge is 0.437 e. The molecule has 2 N–H and O–H groups in total. The summed E-state index contributed by atoms with van der Waals surface area (Å²) in [6.07, 6.45) is -6.17. The highest BCUT2D eigenvalue weighted by Gasteiger charge is 2.41. The van der Waals surface area contributed by atoms with Gasteiger partial charge in [0.1, 0.15) is 12.3 Å². The van der Waals surface area contributed by atoms with Gasteiger partial charge in [0.2, 0.25) is 0 Å². The Bertz CT molecular complexity index is 1140. The first-order valence-corrected chi connectivity index (χ1v) is 9.18. The van der Waals surface area contributed by atoms with Gasteiger partial charge in [-0.05, 0) is 22.3 Å². The second-order valence-corrected chi connectivity index (χ2v) is 6.95. The summed E-state index contributed by atoms with van der Waals surface area (Å²) in [7, 11) is 1.04. The summed E-state index contributed by atoms with van der Waals surface area (Å²) in [5.41, 5.74) is 0.570. The number of fused-ring (bicyclic) bond motifs is 3. The van der Waals surface area contributed by atoms with Gasteiger partial charge >= 0.3 is 18.2 Å². The van der Waals surface area contributed by atoms with Crippen LogP contribution in [0.2, 0.25) is 0 Å². The van der Waals surface area contributed by atoms with Gasteiger partial charge in [-0.1, -0.05) is 48.5 Å². The normalized spacial score (nSPS) is 12.9. The summed E-state index contributed by atoms with van der Waals surface area (Å²) in [5.74, 6) is -1.97. The molecule has 0 fully saturated rings. The van der Waals surface area contributed by atoms with Crippen molar-refractivity contribution >= 4 is 17.7 Å². The van der Waals surface area contributed by atoms with E-state index in [1.54, 1.807) is 0 Å². The Morgan fingerprint density at radius 1 is 1.10 bits per heavy atom. The highest BCUT2D eigenvalue weighted by molar-refractivity contribution is 5.98. The number of carbonyl (C=O) groups is 2. The predicted molar refractivity (Wildman–Crippen MR) is 104 cm³/mol. The number of amides is 1. The van der Waals surface area contributed by atoms with Crippen molar-refractivity contribution in [1.29, 1.82) is 0 Å². The van der Waals surface area contributed by atoms with Gasteiger partial charge in [0, 0.05) is 13.0 Å². The van der Waals surface area contributed by atoms with Crippen LogP contribution in [-0.2, 0) is 18.0 Å². The Kier molecular flexibility index (Phi) is 4.92. The van der Waals surface area contributed by atoms with Gasteiger partial charge in [0.25, 0.3) is 0 Å². The van der Waals surface area contributed by atoms with Crippen LogP contribution in [-0.4, -0.2) is 33.6 Å². The summed E-state index contributed by atoms with van der Waals surface area (Å²) in [6.45, 7) is -0.135. The lowest BCUT2D eigenvalue weighted by molar-refractivity contribution is -0.140. The van der Waals surface area contributed by atoms with Crippen LogP contribution in [0.4, 0.5) is 23.7 Å². The second kappa shape index (κ2) is 7.46. The van der Waals surface area contributed by atoms with Crippen LogP contribution in [0.3, 0.4) is 0 Å². The van der Waals surface area contributed by atoms with E-state index in [4.69, 9.17) is 4.74 Å². The first-order chi connectivity index (χ1) is 14.7. The molecule has 3 aromatic rings. The number of benzene rings is 2. The van der Waals surface area contributed by atoms with Gasteiger partial charge < -0.3 is 9.84 Å². The molecule has 1 aliphatic carbocycles. The molecule has 0 unspecified atom stereocenters.